The van der Waals surface area contributed by atoms with Crippen LogP contribution in [-0.4, -0.2) is 50.5 Å². The third kappa shape index (κ3) is 8.11. The Labute approximate surface area is 222 Å². The minimum absolute atomic E-state index is 0.0161. The van der Waals surface area contributed by atoms with E-state index in [1.165, 1.54) is 47.4 Å². The number of hydrogen-bond donors (Lipinski definition) is 1. The van der Waals surface area contributed by atoms with Gasteiger partial charge in [0.25, 0.3) is 0 Å². The molecule has 1 atom stereocenters. The van der Waals surface area contributed by atoms with E-state index < -0.39 is 46.1 Å². The number of rotatable bonds is 12. The van der Waals surface area contributed by atoms with Crippen molar-refractivity contribution in [3.05, 3.63) is 102 Å². The Balaban J connectivity index is 2.03. The zero-order valence-corrected chi connectivity index (χ0v) is 22.1. The van der Waals surface area contributed by atoms with Crippen LogP contribution >= 0.6 is 0 Å². The molecule has 1 unspecified atom stereocenters. The Kier molecular flexibility index (Phi) is 9.95. The van der Waals surface area contributed by atoms with Gasteiger partial charge in [-0.05, 0) is 47.9 Å². The predicted molar refractivity (Wildman–Crippen MR) is 143 cm³/mol. The Morgan fingerprint density at radius 3 is 2.18 bits per heavy atom. The molecule has 0 radical (unpaired) electrons. The van der Waals surface area contributed by atoms with Crippen molar-refractivity contribution in [2.45, 2.75) is 32.4 Å². The molecule has 3 aromatic carbocycles. The summed E-state index contributed by atoms with van der Waals surface area (Å²) in [6, 6.07) is 18.6. The molecular formula is C28H31F2N3O4S. The molecule has 3 rings (SSSR count). The van der Waals surface area contributed by atoms with E-state index in [1.54, 1.807) is 0 Å². The fourth-order valence-corrected chi connectivity index (χ4v) is 4.79. The molecule has 0 saturated carbocycles. The molecule has 0 spiro atoms. The highest BCUT2D eigenvalue weighted by molar-refractivity contribution is 7.92. The van der Waals surface area contributed by atoms with Crippen molar-refractivity contribution in [1.82, 2.24) is 10.2 Å². The van der Waals surface area contributed by atoms with E-state index in [-0.39, 0.29) is 18.7 Å². The van der Waals surface area contributed by atoms with Crippen LogP contribution in [0.3, 0.4) is 0 Å². The molecule has 38 heavy (non-hydrogen) atoms. The molecule has 0 saturated heterocycles. The van der Waals surface area contributed by atoms with E-state index >= 15 is 0 Å². The fourth-order valence-electron chi connectivity index (χ4n) is 3.95. The van der Waals surface area contributed by atoms with Gasteiger partial charge < -0.3 is 10.2 Å². The highest BCUT2D eigenvalue weighted by Gasteiger charge is 2.33. The standard InChI is InChI=1S/C28H31F2N3O4S/c1-3-16-31-28(35)26(17-21-8-5-4-6-9-21)32(19-22-12-14-23(29)15-13-22)27(34)20-33(38(2,36)37)25-11-7-10-24(30)18-25/h4-15,18,26H,3,16-17,19-20H2,1-2H3,(H,31,35). The number of anilines is 1. The summed E-state index contributed by atoms with van der Waals surface area (Å²) in [5.41, 5.74) is 1.33. The van der Waals surface area contributed by atoms with Gasteiger partial charge in [-0.3, -0.25) is 13.9 Å². The van der Waals surface area contributed by atoms with Crippen molar-refractivity contribution in [2.75, 3.05) is 23.7 Å². The first-order valence-electron chi connectivity index (χ1n) is 12.2. The Hall–Kier alpha value is -3.79. The quantitative estimate of drug-likeness (QED) is 0.376. The summed E-state index contributed by atoms with van der Waals surface area (Å²) in [7, 11) is -3.99. The lowest BCUT2D eigenvalue weighted by atomic mass is 10.0. The molecule has 0 heterocycles. The monoisotopic (exact) mass is 543 g/mol. The SMILES string of the molecule is CCCNC(=O)C(Cc1ccccc1)N(Cc1ccc(F)cc1)C(=O)CN(c1cccc(F)c1)S(C)(=O)=O. The molecule has 0 aliphatic rings. The maximum atomic E-state index is 13.9. The summed E-state index contributed by atoms with van der Waals surface area (Å²) in [5, 5.41) is 2.83. The van der Waals surface area contributed by atoms with E-state index in [0.717, 1.165) is 22.2 Å². The highest BCUT2D eigenvalue weighted by Crippen LogP contribution is 2.21. The molecule has 0 aliphatic heterocycles. The van der Waals surface area contributed by atoms with Gasteiger partial charge in [0.15, 0.2) is 0 Å². The summed E-state index contributed by atoms with van der Waals surface area (Å²) in [5.74, 6) is -2.19. The van der Waals surface area contributed by atoms with E-state index in [2.05, 4.69) is 5.32 Å². The smallest absolute Gasteiger partial charge is 0.244 e. The number of sulfonamides is 1. The van der Waals surface area contributed by atoms with Crippen molar-refractivity contribution in [2.24, 2.45) is 0 Å². The van der Waals surface area contributed by atoms with Crippen LogP contribution in [0.5, 0.6) is 0 Å². The summed E-state index contributed by atoms with van der Waals surface area (Å²) in [6.45, 7) is 1.56. The lowest BCUT2D eigenvalue weighted by Gasteiger charge is -2.33. The van der Waals surface area contributed by atoms with Gasteiger partial charge in [0.1, 0.15) is 24.2 Å². The molecule has 0 aromatic heterocycles. The van der Waals surface area contributed by atoms with Gasteiger partial charge in [0, 0.05) is 19.5 Å². The normalized spacial score (nSPS) is 12.0. The first kappa shape index (κ1) is 28.8. The topological polar surface area (TPSA) is 86.8 Å². The Bertz CT molecular complexity index is 1340. The van der Waals surface area contributed by atoms with E-state index in [1.807, 2.05) is 37.3 Å². The first-order chi connectivity index (χ1) is 18.1. The van der Waals surface area contributed by atoms with Crippen molar-refractivity contribution >= 4 is 27.5 Å². The van der Waals surface area contributed by atoms with Crippen LogP contribution in [-0.2, 0) is 32.6 Å². The maximum Gasteiger partial charge on any atom is 0.244 e. The van der Waals surface area contributed by atoms with Crippen molar-refractivity contribution in [1.29, 1.82) is 0 Å². The maximum absolute atomic E-state index is 13.9. The van der Waals surface area contributed by atoms with Crippen LogP contribution in [0.2, 0.25) is 0 Å². The molecule has 0 aliphatic carbocycles. The van der Waals surface area contributed by atoms with Crippen LogP contribution in [0.25, 0.3) is 0 Å². The lowest BCUT2D eigenvalue weighted by molar-refractivity contribution is -0.140. The second-order valence-corrected chi connectivity index (χ2v) is 10.8. The first-order valence-corrected chi connectivity index (χ1v) is 14.0. The molecule has 0 fully saturated rings. The number of carbonyl (C=O) groups is 2. The number of carbonyl (C=O) groups excluding carboxylic acids is 2. The second-order valence-electron chi connectivity index (χ2n) is 8.89. The van der Waals surface area contributed by atoms with Gasteiger partial charge in [-0.2, -0.15) is 0 Å². The van der Waals surface area contributed by atoms with Gasteiger partial charge in [0.2, 0.25) is 21.8 Å². The largest absolute Gasteiger partial charge is 0.354 e. The van der Waals surface area contributed by atoms with E-state index in [9.17, 15) is 26.8 Å². The summed E-state index contributed by atoms with van der Waals surface area (Å²) in [4.78, 5) is 28.5. The molecule has 3 aromatic rings. The summed E-state index contributed by atoms with van der Waals surface area (Å²) < 4.78 is 53.6. The zero-order valence-electron chi connectivity index (χ0n) is 21.3. The van der Waals surface area contributed by atoms with Crippen molar-refractivity contribution in [3.63, 3.8) is 0 Å². The number of halogens is 2. The number of nitrogens with zero attached hydrogens (tertiary/aromatic N) is 2. The molecule has 7 nitrogen and oxygen atoms in total. The molecule has 202 valence electrons. The van der Waals surface area contributed by atoms with E-state index in [4.69, 9.17) is 0 Å². The van der Waals surface area contributed by atoms with Crippen LogP contribution in [0, 0.1) is 11.6 Å². The Morgan fingerprint density at radius 1 is 0.895 bits per heavy atom. The lowest BCUT2D eigenvalue weighted by Crippen LogP contribution is -2.53. The third-order valence-corrected chi connectivity index (χ3v) is 7.00. The third-order valence-electron chi connectivity index (χ3n) is 5.86. The number of amides is 2. The zero-order chi connectivity index (χ0) is 27.7. The molecule has 2 amide bonds. The molecule has 0 bridgehead atoms. The average molecular weight is 544 g/mol. The van der Waals surface area contributed by atoms with Gasteiger partial charge in [-0.1, -0.05) is 55.5 Å². The van der Waals surface area contributed by atoms with Gasteiger partial charge in [-0.25, -0.2) is 17.2 Å². The van der Waals surface area contributed by atoms with Crippen LogP contribution in [0.15, 0.2) is 78.9 Å². The predicted octanol–water partition coefficient (Wildman–Crippen LogP) is 3.90. The second kappa shape index (κ2) is 13.1. The molecular weight excluding hydrogens is 512 g/mol. The minimum atomic E-state index is -3.99. The summed E-state index contributed by atoms with van der Waals surface area (Å²) in [6.07, 6.45) is 1.77. The van der Waals surface area contributed by atoms with E-state index in [0.29, 0.717) is 18.5 Å². The Morgan fingerprint density at radius 2 is 1.58 bits per heavy atom. The van der Waals surface area contributed by atoms with Crippen molar-refractivity contribution < 1.29 is 26.8 Å². The molecule has 10 heteroatoms. The van der Waals surface area contributed by atoms with Gasteiger partial charge in [-0.15, -0.1) is 0 Å². The van der Waals surface area contributed by atoms with Gasteiger partial charge in [0.05, 0.1) is 11.9 Å². The number of nitrogens with one attached hydrogen (secondary N) is 1. The van der Waals surface area contributed by atoms with Crippen LogP contribution in [0.1, 0.15) is 24.5 Å². The number of hydrogen-bond acceptors (Lipinski definition) is 4. The van der Waals surface area contributed by atoms with Gasteiger partial charge >= 0.3 is 0 Å². The number of benzene rings is 3. The van der Waals surface area contributed by atoms with Crippen LogP contribution < -0.4 is 9.62 Å². The highest BCUT2D eigenvalue weighted by atomic mass is 32.2. The minimum Gasteiger partial charge on any atom is -0.354 e. The van der Waals surface area contributed by atoms with Crippen LogP contribution in [0.4, 0.5) is 14.5 Å². The van der Waals surface area contributed by atoms with Crippen molar-refractivity contribution in [3.8, 4) is 0 Å². The fraction of sp³-hybridized carbons (Fsp3) is 0.286. The molecule has 1 N–H and O–H groups in total. The average Bonchev–Trinajstić information content (AvgIpc) is 2.88. The summed E-state index contributed by atoms with van der Waals surface area (Å²) >= 11 is 0.